The zero-order valence-electron chi connectivity index (χ0n) is 15.2. The topological polar surface area (TPSA) is 103 Å². The van der Waals surface area contributed by atoms with Crippen molar-refractivity contribution in [1.82, 2.24) is 4.72 Å². The van der Waals surface area contributed by atoms with Crippen LogP contribution in [0.4, 0.5) is 5.69 Å². The molecule has 0 bridgehead atoms. The Labute approximate surface area is 157 Å². The Kier molecular flexibility index (Phi) is 5.24. The monoisotopic (exact) mass is 392 g/mol. The van der Waals surface area contributed by atoms with Gasteiger partial charge in [0, 0.05) is 11.8 Å². The number of carbonyl (C=O) groups is 1. The Morgan fingerprint density at radius 2 is 1.81 bits per heavy atom. The molecule has 2 aromatic carbocycles. The zero-order valence-corrected chi connectivity index (χ0v) is 16.0. The van der Waals surface area contributed by atoms with Gasteiger partial charge in [0.15, 0.2) is 11.5 Å². The zero-order chi connectivity index (χ0) is 19.6. The maximum atomic E-state index is 12.6. The number of hydrogen-bond donors (Lipinski definition) is 2. The third-order valence-electron chi connectivity index (χ3n) is 4.15. The smallest absolute Gasteiger partial charge is 0.244 e. The van der Waals surface area contributed by atoms with E-state index in [2.05, 4.69) is 10.0 Å². The van der Waals surface area contributed by atoms with Crippen LogP contribution >= 0.6 is 0 Å². The number of rotatable bonds is 6. The number of nitrogens with one attached hydrogen (secondary N) is 2. The predicted octanol–water partition coefficient (Wildman–Crippen LogP) is 1.96. The second-order valence-corrected chi connectivity index (χ2v) is 7.76. The molecule has 2 N–H and O–H groups in total. The minimum absolute atomic E-state index is 0.0102. The Morgan fingerprint density at radius 1 is 1.11 bits per heavy atom. The molecule has 8 nitrogen and oxygen atoms in total. The molecule has 0 aliphatic carbocycles. The fraction of sp³-hybridized carbons (Fsp3) is 0.278. The number of ether oxygens (including phenoxy) is 3. The molecule has 0 aromatic heterocycles. The highest BCUT2D eigenvalue weighted by Crippen LogP contribution is 2.34. The van der Waals surface area contributed by atoms with Crippen molar-refractivity contribution in [2.24, 2.45) is 0 Å². The summed E-state index contributed by atoms with van der Waals surface area (Å²) in [6, 6.07) is 8.10. The van der Waals surface area contributed by atoms with E-state index in [-0.39, 0.29) is 17.4 Å². The van der Waals surface area contributed by atoms with Crippen molar-refractivity contribution in [2.45, 2.75) is 18.7 Å². The summed E-state index contributed by atoms with van der Waals surface area (Å²) in [5.41, 5.74) is 2.19. The Hall–Kier alpha value is -2.78. The van der Waals surface area contributed by atoms with Crippen LogP contribution in [0, 0.1) is 13.8 Å². The lowest BCUT2D eigenvalue weighted by molar-refractivity contribution is -0.115. The summed E-state index contributed by atoms with van der Waals surface area (Å²) < 4.78 is 43.1. The molecule has 0 atom stereocenters. The van der Waals surface area contributed by atoms with E-state index in [1.54, 1.807) is 31.2 Å². The number of fused-ring (bicyclic) bond motifs is 1. The van der Waals surface area contributed by atoms with Crippen LogP contribution in [0.25, 0.3) is 0 Å². The number of anilines is 1. The van der Waals surface area contributed by atoms with Crippen LogP contribution in [0.5, 0.6) is 17.2 Å². The number of methoxy groups -OCH3 is 1. The Morgan fingerprint density at radius 3 is 2.56 bits per heavy atom. The van der Waals surface area contributed by atoms with Gasteiger partial charge >= 0.3 is 0 Å². The van der Waals surface area contributed by atoms with Crippen molar-refractivity contribution in [2.75, 3.05) is 25.8 Å². The number of sulfonamides is 1. The van der Waals surface area contributed by atoms with Gasteiger partial charge in [0.25, 0.3) is 0 Å². The summed E-state index contributed by atoms with van der Waals surface area (Å²) in [6.07, 6.45) is 0. The average molecular weight is 392 g/mol. The minimum atomic E-state index is -3.92. The molecule has 144 valence electrons. The highest BCUT2D eigenvalue weighted by Gasteiger charge is 2.22. The summed E-state index contributed by atoms with van der Waals surface area (Å²) in [4.78, 5) is 12.1. The Bertz CT molecular complexity index is 988. The lowest BCUT2D eigenvalue weighted by Gasteiger charge is -2.13. The molecule has 2 aromatic rings. The fourth-order valence-electron chi connectivity index (χ4n) is 2.55. The van der Waals surface area contributed by atoms with Gasteiger partial charge in [0.1, 0.15) is 10.6 Å². The van der Waals surface area contributed by atoms with Gasteiger partial charge < -0.3 is 19.5 Å². The fourth-order valence-corrected chi connectivity index (χ4v) is 3.77. The van der Waals surface area contributed by atoms with Crippen LogP contribution < -0.4 is 24.2 Å². The molecule has 3 rings (SSSR count). The Balaban J connectivity index is 1.68. The molecule has 0 radical (unpaired) electrons. The van der Waals surface area contributed by atoms with E-state index >= 15 is 0 Å². The van der Waals surface area contributed by atoms with E-state index in [4.69, 9.17) is 14.2 Å². The van der Waals surface area contributed by atoms with Gasteiger partial charge in [0.05, 0.1) is 13.7 Å². The maximum Gasteiger partial charge on any atom is 0.244 e. The van der Waals surface area contributed by atoms with E-state index in [0.717, 1.165) is 11.1 Å². The molecule has 27 heavy (non-hydrogen) atoms. The molecule has 0 fully saturated rings. The van der Waals surface area contributed by atoms with Crippen molar-refractivity contribution in [3.05, 3.63) is 41.5 Å². The number of aryl methyl sites for hydroxylation is 2. The molecular formula is C18H20N2O6S. The van der Waals surface area contributed by atoms with Gasteiger partial charge in [-0.15, -0.1) is 0 Å². The first-order valence-electron chi connectivity index (χ1n) is 8.14. The highest BCUT2D eigenvalue weighted by atomic mass is 32.2. The number of hydrogen-bond acceptors (Lipinski definition) is 6. The van der Waals surface area contributed by atoms with Gasteiger partial charge in [-0.1, -0.05) is 0 Å². The SMILES string of the molecule is COc1cc(C)c(C)cc1S(=O)(=O)NCC(=O)Nc1ccc2c(c1)OCO2. The van der Waals surface area contributed by atoms with Crippen molar-refractivity contribution >= 4 is 21.6 Å². The van der Waals surface area contributed by atoms with Crippen LogP contribution in [0.2, 0.25) is 0 Å². The standard InChI is InChI=1S/C18H20N2O6S/c1-11-6-16(24-3)17(7-12(11)2)27(22,23)19-9-18(21)20-13-4-5-14-15(8-13)26-10-25-14/h4-8,19H,9-10H2,1-3H3,(H,20,21). The molecule has 1 aliphatic heterocycles. The van der Waals surface area contributed by atoms with E-state index in [9.17, 15) is 13.2 Å². The predicted molar refractivity (Wildman–Crippen MR) is 98.9 cm³/mol. The third-order valence-corrected chi connectivity index (χ3v) is 5.57. The average Bonchev–Trinajstić information content (AvgIpc) is 3.09. The van der Waals surface area contributed by atoms with Crippen molar-refractivity contribution < 1.29 is 27.4 Å². The number of carbonyl (C=O) groups excluding carboxylic acids is 1. The van der Waals surface area contributed by atoms with Gasteiger partial charge in [-0.25, -0.2) is 13.1 Å². The summed E-state index contributed by atoms with van der Waals surface area (Å²) in [6.45, 7) is 3.37. The van der Waals surface area contributed by atoms with Gasteiger partial charge in [-0.3, -0.25) is 4.79 Å². The maximum absolute atomic E-state index is 12.6. The molecule has 1 aliphatic rings. The van der Waals surface area contributed by atoms with E-state index in [1.807, 2.05) is 6.92 Å². The van der Waals surface area contributed by atoms with Crippen molar-refractivity contribution in [3.63, 3.8) is 0 Å². The van der Waals surface area contributed by atoms with E-state index in [1.165, 1.54) is 13.2 Å². The summed E-state index contributed by atoms with van der Waals surface area (Å²) >= 11 is 0. The molecule has 0 saturated heterocycles. The molecule has 1 amide bonds. The first kappa shape index (κ1) is 19.0. The second kappa shape index (κ2) is 7.45. The van der Waals surface area contributed by atoms with Crippen molar-refractivity contribution in [1.29, 1.82) is 0 Å². The third kappa shape index (κ3) is 4.15. The van der Waals surface area contributed by atoms with E-state index < -0.39 is 22.5 Å². The lowest BCUT2D eigenvalue weighted by atomic mass is 10.1. The van der Waals surface area contributed by atoms with Crippen LogP contribution in [-0.2, 0) is 14.8 Å². The summed E-state index contributed by atoms with van der Waals surface area (Å²) in [7, 11) is -2.52. The van der Waals surface area contributed by atoms with Gasteiger partial charge in [0.2, 0.25) is 22.7 Å². The van der Waals surface area contributed by atoms with Crippen LogP contribution in [0.15, 0.2) is 35.2 Å². The molecule has 0 unspecified atom stereocenters. The van der Waals surface area contributed by atoms with Gasteiger partial charge in [-0.05, 0) is 49.2 Å². The highest BCUT2D eigenvalue weighted by molar-refractivity contribution is 7.89. The number of amides is 1. The summed E-state index contributed by atoms with van der Waals surface area (Å²) in [5.74, 6) is 0.825. The normalized spacial score (nSPS) is 12.7. The minimum Gasteiger partial charge on any atom is -0.495 e. The lowest BCUT2D eigenvalue weighted by Crippen LogP contribution is -2.33. The van der Waals surface area contributed by atoms with E-state index in [0.29, 0.717) is 17.2 Å². The molecule has 1 heterocycles. The second-order valence-electron chi connectivity index (χ2n) is 6.03. The largest absolute Gasteiger partial charge is 0.495 e. The number of benzene rings is 2. The van der Waals surface area contributed by atoms with Crippen LogP contribution in [0.3, 0.4) is 0 Å². The summed E-state index contributed by atoms with van der Waals surface area (Å²) in [5, 5.41) is 2.61. The van der Waals surface area contributed by atoms with Crippen LogP contribution in [0.1, 0.15) is 11.1 Å². The molecule has 9 heteroatoms. The van der Waals surface area contributed by atoms with Crippen molar-refractivity contribution in [3.8, 4) is 17.2 Å². The first-order chi connectivity index (χ1) is 12.8. The van der Waals surface area contributed by atoms with Gasteiger partial charge in [-0.2, -0.15) is 0 Å². The quantitative estimate of drug-likeness (QED) is 0.779. The molecule has 0 spiro atoms. The molecule has 0 saturated carbocycles. The molecular weight excluding hydrogens is 372 g/mol. The first-order valence-corrected chi connectivity index (χ1v) is 9.63. The van der Waals surface area contributed by atoms with Crippen LogP contribution in [-0.4, -0.2) is 34.8 Å².